The highest BCUT2D eigenvalue weighted by Gasteiger charge is 2.36. The fourth-order valence-electron chi connectivity index (χ4n) is 7.47. The first-order chi connectivity index (χ1) is 21.6. The standard InChI is InChI=1S/C43H31N/c1-43(2)39-26-32(30-17-16-28-10-6-7-11-29(28)24-30)18-21-35(39)36-22-19-33(27-40(36)43)31-20-23-42-38(25-31)37-14-8-9-15-41(37)44(42)34-12-4-3-5-13-34/h3-27H,1-2H3. The molecular weight excluding hydrogens is 530 g/mol. The van der Waals surface area contributed by atoms with Crippen molar-refractivity contribution in [2.45, 2.75) is 19.3 Å². The maximum Gasteiger partial charge on any atom is 0.0541 e. The number of aromatic nitrogens is 1. The molecule has 7 aromatic carbocycles. The smallest absolute Gasteiger partial charge is 0.0541 e. The van der Waals surface area contributed by atoms with Crippen molar-refractivity contribution in [1.82, 2.24) is 4.57 Å². The zero-order valence-corrected chi connectivity index (χ0v) is 24.9. The molecule has 0 saturated carbocycles. The van der Waals surface area contributed by atoms with Crippen molar-refractivity contribution in [1.29, 1.82) is 0 Å². The Morgan fingerprint density at radius 3 is 1.70 bits per heavy atom. The highest BCUT2D eigenvalue weighted by molar-refractivity contribution is 6.10. The van der Waals surface area contributed by atoms with Crippen LogP contribution in [0.15, 0.2) is 152 Å². The third kappa shape index (κ3) is 3.66. The molecule has 208 valence electrons. The van der Waals surface area contributed by atoms with Crippen molar-refractivity contribution in [3.8, 4) is 39.1 Å². The van der Waals surface area contributed by atoms with Gasteiger partial charge in [0.25, 0.3) is 0 Å². The molecule has 0 N–H and O–H groups in total. The Labute approximate surface area is 257 Å². The molecule has 1 aliphatic carbocycles. The van der Waals surface area contributed by atoms with Gasteiger partial charge in [-0.3, -0.25) is 0 Å². The third-order valence-electron chi connectivity index (χ3n) is 9.78. The maximum atomic E-state index is 2.43. The van der Waals surface area contributed by atoms with Crippen molar-refractivity contribution >= 4 is 32.6 Å². The summed E-state index contributed by atoms with van der Waals surface area (Å²) in [6.45, 7) is 4.75. The van der Waals surface area contributed by atoms with E-state index in [4.69, 9.17) is 0 Å². The molecule has 1 heteroatoms. The van der Waals surface area contributed by atoms with Gasteiger partial charge < -0.3 is 4.57 Å². The highest BCUT2D eigenvalue weighted by atomic mass is 15.0. The molecule has 0 unspecified atom stereocenters. The lowest BCUT2D eigenvalue weighted by molar-refractivity contribution is 0.661. The third-order valence-corrected chi connectivity index (χ3v) is 9.78. The van der Waals surface area contributed by atoms with Crippen LogP contribution in [-0.4, -0.2) is 4.57 Å². The van der Waals surface area contributed by atoms with Crippen molar-refractivity contribution in [3.05, 3.63) is 163 Å². The predicted molar refractivity (Wildman–Crippen MR) is 187 cm³/mol. The Bertz CT molecular complexity index is 2410. The minimum absolute atomic E-state index is 0.0963. The van der Waals surface area contributed by atoms with E-state index in [9.17, 15) is 0 Å². The Morgan fingerprint density at radius 1 is 0.409 bits per heavy atom. The van der Waals surface area contributed by atoms with Gasteiger partial charge in [-0.15, -0.1) is 0 Å². The van der Waals surface area contributed by atoms with Crippen LogP contribution in [0.4, 0.5) is 0 Å². The lowest BCUT2D eigenvalue weighted by Crippen LogP contribution is -2.15. The molecule has 8 aromatic rings. The second-order valence-corrected chi connectivity index (χ2v) is 12.6. The molecule has 1 aromatic heterocycles. The van der Waals surface area contributed by atoms with Gasteiger partial charge in [-0.2, -0.15) is 0 Å². The van der Waals surface area contributed by atoms with Gasteiger partial charge >= 0.3 is 0 Å². The molecule has 0 spiro atoms. The van der Waals surface area contributed by atoms with E-state index in [0.717, 1.165) is 0 Å². The summed E-state index contributed by atoms with van der Waals surface area (Å²) in [6, 6.07) is 55.9. The first-order valence-electron chi connectivity index (χ1n) is 15.4. The zero-order valence-electron chi connectivity index (χ0n) is 24.9. The molecule has 44 heavy (non-hydrogen) atoms. The molecule has 1 aliphatic rings. The molecule has 0 aliphatic heterocycles. The predicted octanol–water partition coefficient (Wildman–Crippen LogP) is 11.6. The van der Waals surface area contributed by atoms with Crippen LogP contribution in [0, 0.1) is 0 Å². The topological polar surface area (TPSA) is 4.93 Å². The maximum absolute atomic E-state index is 2.43. The number of para-hydroxylation sites is 2. The Morgan fingerprint density at radius 2 is 0.955 bits per heavy atom. The molecule has 0 atom stereocenters. The first-order valence-corrected chi connectivity index (χ1v) is 15.4. The van der Waals surface area contributed by atoms with E-state index in [1.807, 2.05) is 0 Å². The number of nitrogens with zero attached hydrogens (tertiary/aromatic N) is 1. The number of benzene rings is 7. The molecular formula is C43H31N. The van der Waals surface area contributed by atoms with Gasteiger partial charge in [-0.25, -0.2) is 0 Å². The largest absolute Gasteiger partial charge is 0.309 e. The van der Waals surface area contributed by atoms with Crippen LogP contribution < -0.4 is 0 Å². The monoisotopic (exact) mass is 561 g/mol. The number of hydrogen-bond acceptors (Lipinski definition) is 0. The molecule has 9 rings (SSSR count). The summed E-state index contributed by atoms with van der Waals surface area (Å²) in [4.78, 5) is 0. The molecule has 0 fully saturated rings. The summed E-state index contributed by atoms with van der Waals surface area (Å²) in [5.41, 5.74) is 14.1. The minimum atomic E-state index is -0.0963. The Hall–Kier alpha value is -5.40. The summed E-state index contributed by atoms with van der Waals surface area (Å²) in [5.74, 6) is 0. The van der Waals surface area contributed by atoms with Crippen LogP contribution in [0.1, 0.15) is 25.0 Å². The average molecular weight is 562 g/mol. The quantitative estimate of drug-likeness (QED) is 0.202. The average Bonchev–Trinajstić information content (AvgIpc) is 3.52. The number of fused-ring (bicyclic) bond motifs is 7. The van der Waals surface area contributed by atoms with Crippen LogP contribution in [0.5, 0.6) is 0 Å². The van der Waals surface area contributed by atoms with Crippen LogP contribution in [0.2, 0.25) is 0 Å². The van der Waals surface area contributed by atoms with Crippen molar-refractivity contribution in [2.75, 3.05) is 0 Å². The Balaban J connectivity index is 1.15. The van der Waals surface area contributed by atoms with E-state index in [0.29, 0.717) is 0 Å². The van der Waals surface area contributed by atoms with Crippen LogP contribution in [-0.2, 0) is 5.41 Å². The highest BCUT2D eigenvalue weighted by Crippen LogP contribution is 2.51. The van der Waals surface area contributed by atoms with Crippen LogP contribution >= 0.6 is 0 Å². The summed E-state index contributed by atoms with van der Waals surface area (Å²) >= 11 is 0. The lowest BCUT2D eigenvalue weighted by Gasteiger charge is -2.22. The van der Waals surface area contributed by atoms with Crippen molar-refractivity contribution in [2.24, 2.45) is 0 Å². The molecule has 0 radical (unpaired) electrons. The van der Waals surface area contributed by atoms with Gasteiger partial charge in [-0.05, 0) is 104 Å². The van der Waals surface area contributed by atoms with Gasteiger partial charge in [0.1, 0.15) is 0 Å². The van der Waals surface area contributed by atoms with Crippen molar-refractivity contribution < 1.29 is 0 Å². The van der Waals surface area contributed by atoms with Gasteiger partial charge in [-0.1, -0.05) is 117 Å². The molecule has 1 heterocycles. The molecule has 0 saturated heterocycles. The Kier molecular flexibility index (Phi) is 5.31. The summed E-state index contributed by atoms with van der Waals surface area (Å²) in [7, 11) is 0. The second-order valence-electron chi connectivity index (χ2n) is 12.6. The fourth-order valence-corrected chi connectivity index (χ4v) is 7.47. The SMILES string of the molecule is CC1(C)c2cc(-c3ccc4ccccc4c3)ccc2-c2ccc(-c3ccc4c(c3)c3ccccc3n4-c3ccccc3)cc21. The van der Waals surface area contributed by atoms with Crippen molar-refractivity contribution in [3.63, 3.8) is 0 Å². The fraction of sp³-hybridized carbons (Fsp3) is 0.0698. The zero-order chi connectivity index (χ0) is 29.4. The minimum Gasteiger partial charge on any atom is -0.309 e. The summed E-state index contributed by atoms with van der Waals surface area (Å²) in [6.07, 6.45) is 0. The van der Waals surface area contributed by atoms with E-state index >= 15 is 0 Å². The van der Waals surface area contributed by atoms with Crippen LogP contribution in [0.25, 0.3) is 71.6 Å². The summed E-state index contributed by atoms with van der Waals surface area (Å²) in [5, 5.41) is 5.12. The van der Waals surface area contributed by atoms with Gasteiger partial charge in [0.2, 0.25) is 0 Å². The summed E-state index contributed by atoms with van der Waals surface area (Å²) < 4.78 is 2.38. The van der Waals surface area contributed by atoms with Gasteiger partial charge in [0.15, 0.2) is 0 Å². The first kappa shape index (κ1) is 25.1. The van der Waals surface area contributed by atoms with Gasteiger partial charge in [0.05, 0.1) is 11.0 Å². The lowest BCUT2D eigenvalue weighted by atomic mass is 9.80. The number of hydrogen-bond donors (Lipinski definition) is 0. The van der Waals surface area contributed by atoms with Gasteiger partial charge in [0, 0.05) is 21.9 Å². The normalized spacial score (nSPS) is 13.4. The second kappa shape index (κ2) is 9.30. The number of rotatable bonds is 3. The molecule has 0 amide bonds. The van der Waals surface area contributed by atoms with E-state index in [1.165, 1.54) is 82.8 Å². The molecule has 1 nitrogen and oxygen atoms in total. The van der Waals surface area contributed by atoms with E-state index in [-0.39, 0.29) is 5.41 Å². The van der Waals surface area contributed by atoms with Crippen LogP contribution in [0.3, 0.4) is 0 Å². The van der Waals surface area contributed by atoms with E-state index in [2.05, 4.69) is 170 Å². The van der Waals surface area contributed by atoms with E-state index in [1.54, 1.807) is 0 Å². The van der Waals surface area contributed by atoms with E-state index < -0.39 is 0 Å². The molecule has 0 bridgehead atoms.